The van der Waals surface area contributed by atoms with Gasteiger partial charge >= 0.3 is 0 Å². The van der Waals surface area contributed by atoms with Crippen LogP contribution in [0.1, 0.15) is 19.4 Å². The number of para-hydroxylation sites is 1. The molecule has 100 valence electrons. The molecule has 0 aliphatic rings. The van der Waals surface area contributed by atoms with Gasteiger partial charge in [0.2, 0.25) is 0 Å². The van der Waals surface area contributed by atoms with E-state index in [9.17, 15) is 10.1 Å². The van der Waals surface area contributed by atoms with Crippen molar-refractivity contribution in [3.05, 3.63) is 33.9 Å². The maximum absolute atomic E-state index is 11.0. The molecule has 0 bridgehead atoms. The summed E-state index contributed by atoms with van der Waals surface area (Å²) in [6, 6.07) is 5.10. The summed E-state index contributed by atoms with van der Waals surface area (Å²) in [7, 11) is 3.99. The van der Waals surface area contributed by atoms with Crippen LogP contribution in [0.25, 0.3) is 0 Å². The van der Waals surface area contributed by atoms with Gasteiger partial charge in [-0.05, 0) is 40.4 Å². The van der Waals surface area contributed by atoms with Crippen molar-refractivity contribution in [1.82, 2.24) is 4.90 Å². The van der Waals surface area contributed by atoms with Gasteiger partial charge in [0.25, 0.3) is 5.69 Å². The van der Waals surface area contributed by atoms with Crippen LogP contribution in [0, 0.1) is 17.0 Å². The zero-order valence-corrected chi connectivity index (χ0v) is 11.7. The van der Waals surface area contributed by atoms with Gasteiger partial charge in [0.15, 0.2) is 0 Å². The first-order chi connectivity index (χ1) is 8.25. The lowest BCUT2D eigenvalue weighted by molar-refractivity contribution is -0.384. The molecule has 0 saturated heterocycles. The number of likely N-dealkylation sites (N-methyl/N-ethyl adjacent to an activating group) is 1. The van der Waals surface area contributed by atoms with Crippen LogP contribution < -0.4 is 5.32 Å². The molecule has 1 rings (SSSR count). The summed E-state index contributed by atoms with van der Waals surface area (Å²) >= 11 is 0. The SMILES string of the molecule is Cc1cccc([N+](=O)[O-])c1NCC(C)(C)N(C)C. The van der Waals surface area contributed by atoms with Gasteiger partial charge in [-0.3, -0.25) is 10.1 Å². The van der Waals surface area contributed by atoms with Crippen molar-refractivity contribution in [2.45, 2.75) is 26.3 Å². The number of aryl methyl sites for hydroxylation is 1. The highest BCUT2D eigenvalue weighted by atomic mass is 16.6. The lowest BCUT2D eigenvalue weighted by Crippen LogP contribution is -2.44. The summed E-state index contributed by atoms with van der Waals surface area (Å²) in [6.45, 7) is 6.69. The van der Waals surface area contributed by atoms with Crippen LogP contribution in [0.3, 0.4) is 0 Å². The third-order valence-electron chi connectivity index (χ3n) is 3.36. The van der Waals surface area contributed by atoms with Crippen LogP contribution in [0.5, 0.6) is 0 Å². The summed E-state index contributed by atoms with van der Waals surface area (Å²) in [4.78, 5) is 12.7. The van der Waals surface area contributed by atoms with Gasteiger partial charge in [-0.2, -0.15) is 0 Å². The highest BCUT2D eigenvalue weighted by Gasteiger charge is 2.22. The molecular weight excluding hydrogens is 230 g/mol. The maximum Gasteiger partial charge on any atom is 0.292 e. The molecular formula is C13H21N3O2. The fourth-order valence-electron chi connectivity index (χ4n) is 1.50. The van der Waals surface area contributed by atoms with Crippen molar-refractivity contribution in [2.75, 3.05) is 26.0 Å². The molecule has 0 unspecified atom stereocenters. The summed E-state index contributed by atoms with van der Waals surface area (Å²) in [6.07, 6.45) is 0. The Kier molecular flexibility index (Phi) is 4.29. The van der Waals surface area contributed by atoms with E-state index in [1.165, 1.54) is 6.07 Å². The molecule has 0 fully saturated rings. The van der Waals surface area contributed by atoms with Crippen molar-refractivity contribution in [3.63, 3.8) is 0 Å². The van der Waals surface area contributed by atoms with E-state index in [0.717, 1.165) is 5.56 Å². The largest absolute Gasteiger partial charge is 0.377 e. The Morgan fingerprint density at radius 2 is 2.00 bits per heavy atom. The molecule has 0 aromatic heterocycles. The van der Waals surface area contributed by atoms with Crippen molar-refractivity contribution in [3.8, 4) is 0 Å². The highest BCUT2D eigenvalue weighted by Crippen LogP contribution is 2.28. The number of nitro groups is 1. The first kappa shape index (κ1) is 14.4. The lowest BCUT2D eigenvalue weighted by Gasteiger charge is -2.33. The molecule has 0 saturated carbocycles. The van der Waals surface area contributed by atoms with E-state index in [4.69, 9.17) is 0 Å². The van der Waals surface area contributed by atoms with Gasteiger partial charge in [-0.15, -0.1) is 0 Å². The predicted octanol–water partition coefficient (Wildman–Crippen LogP) is 2.66. The number of nitrogens with one attached hydrogen (secondary N) is 1. The van der Waals surface area contributed by atoms with E-state index in [-0.39, 0.29) is 16.1 Å². The second kappa shape index (κ2) is 5.35. The van der Waals surface area contributed by atoms with Crippen molar-refractivity contribution in [2.24, 2.45) is 0 Å². The maximum atomic E-state index is 11.0. The normalized spacial score (nSPS) is 11.7. The minimum Gasteiger partial charge on any atom is -0.377 e. The summed E-state index contributed by atoms with van der Waals surface area (Å²) in [5.41, 5.74) is 1.55. The van der Waals surface area contributed by atoms with Crippen LogP contribution in [0.15, 0.2) is 18.2 Å². The average molecular weight is 251 g/mol. The van der Waals surface area contributed by atoms with Crippen LogP contribution in [0.2, 0.25) is 0 Å². The van der Waals surface area contributed by atoms with E-state index < -0.39 is 0 Å². The van der Waals surface area contributed by atoms with E-state index in [1.807, 2.05) is 27.1 Å². The Morgan fingerprint density at radius 3 is 2.50 bits per heavy atom. The van der Waals surface area contributed by atoms with Crippen molar-refractivity contribution >= 4 is 11.4 Å². The first-order valence-electron chi connectivity index (χ1n) is 5.91. The molecule has 0 aliphatic heterocycles. The fraction of sp³-hybridized carbons (Fsp3) is 0.538. The summed E-state index contributed by atoms with van der Waals surface area (Å²) < 4.78 is 0. The fourth-order valence-corrected chi connectivity index (χ4v) is 1.50. The molecule has 0 amide bonds. The molecule has 18 heavy (non-hydrogen) atoms. The summed E-state index contributed by atoms with van der Waals surface area (Å²) in [5, 5.41) is 14.2. The quantitative estimate of drug-likeness (QED) is 0.645. The second-order valence-electron chi connectivity index (χ2n) is 5.29. The minimum absolute atomic E-state index is 0.0733. The molecule has 0 radical (unpaired) electrons. The van der Waals surface area contributed by atoms with Crippen LogP contribution in [-0.4, -0.2) is 36.0 Å². The Morgan fingerprint density at radius 1 is 1.39 bits per heavy atom. The molecule has 1 aromatic carbocycles. The monoisotopic (exact) mass is 251 g/mol. The topological polar surface area (TPSA) is 58.4 Å². The molecule has 5 nitrogen and oxygen atoms in total. The van der Waals surface area contributed by atoms with E-state index in [2.05, 4.69) is 24.1 Å². The van der Waals surface area contributed by atoms with Gasteiger partial charge in [0.1, 0.15) is 5.69 Å². The number of nitro benzene ring substituents is 1. The highest BCUT2D eigenvalue weighted by molar-refractivity contribution is 5.66. The van der Waals surface area contributed by atoms with E-state index in [0.29, 0.717) is 12.2 Å². The van der Waals surface area contributed by atoms with Crippen LogP contribution in [0.4, 0.5) is 11.4 Å². The molecule has 1 N–H and O–H groups in total. The Bertz CT molecular complexity index is 442. The summed E-state index contributed by atoms with van der Waals surface area (Å²) in [5.74, 6) is 0. The third kappa shape index (κ3) is 3.20. The lowest BCUT2D eigenvalue weighted by atomic mass is 10.0. The van der Waals surface area contributed by atoms with Gasteiger partial charge in [-0.25, -0.2) is 0 Å². The number of hydrogen-bond acceptors (Lipinski definition) is 4. The van der Waals surface area contributed by atoms with Crippen molar-refractivity contribution < 1.29 is 4.92 Å². The Labute approximate surface area is 108 Å². The molecule has 0 aliphatic carbocycles. The number of nitrogens with zero attached hydrogens (tertiary/aromatic N) is 2. The Balaban J connectivity index is 2.95. The average Bonchev–Trinajstić information content (AvgIpc) is 2.26. The standard InChI is InChI=1S/C13H21N3O2/c1-10-7-6-8-11(16(17)18)12(10)14-9-13(2,3)15(4)5/h6-8,14H,9H2,1-5H3. The Hall–Kier alpha value is -1.62. The predicted molar refractivity (Wildman–Crippen MR) is 74.1 cm³/mol. The van der Waals surface area contributed by atoms with Gasteiger partial charge < -0.3 is 10.2 Å². The molecule has 5 heteroatoms. The third-order valence-corrected chi connectivity index (χ3v) is 3.36. The minimum atomic E-state index is -0.349. The van der Waals surface area contributed by atoms with Gasteiger partial charge in [-0.1, -0.05) is 12.1 Å². The first-order valence-corrected chi connectivity index (χ1v) is 5.91. The van der Waals surface area contributed by atoms with Gasteiger partial charge in [0.05, 0.1) is 4.92 Å². The molecule has 1 aromatic rings. The van der Waals surface area contributed by atoms with Crippen molar-refractivity contribution in [1.29, 1.82) is 0 Å². The number of benzene rings is 1. The molecule has 0 heterocycles. The van der Waals surface area contributed by atoms with E-state index >= 15 is 0 Å². The number of anilines is 1. The smallest absolute Gasteiger partial charge is 0.292 e. The molecule has 0 spiro atoms. The zero-order chi connectivity index (χ0) is 13.9. The second-order valence-corrected chi connectivity index (χ2v) is 5.29. The zero-order valence-electron chi connectivity index (χ0n) is 11.7. The van der Waals surface area contributed by atoms with Gasteiger partial charge in [0, 0.05) is 18.2 Å². The molecule has 0 atom stereocenters. The number of rotatable bonds is 5. The number of hydrogen-bond donors (Lipinski definition) is 1. The van der Waals surface area contributed by atoms with E-state index in [1.54, 1.807) is 6.07 Å². The van der Waals surface area contributed by atoms with Crippen LogP contribution in [-0.2, 0) is 0 Å². The van der Waals surface area contributed by atoms with Crippen LogP contribution >= 0.6 is 0 Å².